The van der Waals surface area contributed by atoms with Crippen LogP contribution in [0.1, 0.15) is 51.0 Å². The molecule has 0 atom stereocenters. The summed E-state index contributed by atoms with van der Waals surface area (Å²) in [6, 6.07) is 19.9. The fourth-order valence-electron chi connectivity index (χ4n) is 4.21. The summed E-state index contributed by atoms with van der Waals surface area (Å²) in [6.07, 6.45) is 8.46. The number of pyridine rings is 1. The van der Waals surface area contributed by atoms with E-state index >= 15 is 0 Å². The molecule has 4 aromatic rings. The summed E-state index contributed by atoms with van der Waals surface area (Å²) in [6.45, 7) is 2.26. The SMILES string of the molecule is CCCCCCc1ccc2nc(N(c3nnn[nH]3)C3CC3)cc(-c3ccccc3)c2c1. The number of benzene rings is 2. The predicted molar refractivity (Wildman–Crippen MR) is 124 cm³/mol. The van der Waals surface area contributed by atoms with E-state index < -0.39 is 0 Å². The largest absolute Gasteiger partial charge is 0.291 e. The van der Waals surface area contributed by atoms with Gasteiger partial charge in [0.1, 0.15) is 5.82 Å². The van der Waals surface area contributed by atoms with E-state index in [2.05, 4.69) is 87.0 Å². The Morgan fingerprint density at radius 3 is 2.61 bits per heavy atom. The number of rotatable bonds is 9. The van der Waals surface area contributed by atoms with E-state index in [9.17, 15) is 0 Å². The van der Waals surface area contributed by atoms with Crippen molar-refractivity contribution in [1.29, 1.82) is 0 Å². The van der Waals surface area contributed by atoms with Crippen LogP contribution in [-0.4, -0.2) is 31.6 Å². The molecule has 2 heterocycles. The fraction of sp³-hybridized carbons (Fsp3) is 0.360. The molecule has 0 radical (unpaired) electrons. The first-order valence-corrected chi connectivity index (χ1v) is 11.4. The lowest BCUT2D eigenvalue weighted by Gasteiger charge is -2.21. The molecule has 0 unspecified atom stereocenters. The fourth-order valence-corrected chi connectivity index (χ4v) is 4.21. The number of hydrogen-bond acceptors (Lipinski definition) is 5. The molecule has 6 heteroatoms. The van der Waals surface area contributed by atoms with Gasteiger partial charge in [0.15, 0.2) is 0 Å². The minimum atomic E-state index is 0.390. The number of nitrogens with one attached hydrogen (secondary N) is 1. The van der Waals surface area contributed by atoms with Crippen molar-refractivity contribution >= 4 is 22.7 Å². The van der Waals surface area contributed by atoms with Crippen LogP contribution < -0.4 is 4.90 Å². The van der Waals surface area contributed by atoms with Crippen LogP contribution in [0.3, 0.4) is 0 Å². The third kappa shape index (κ3) is 4.29. The molecule has 2 aromatic carbocycles. The maximum atomic E-state index is 5.04. The van der Waals surface area contributed by atoms with Crippen LogP contribution in [0.25, 0.3) is 22.0 Å². The third-order valence-electron chi connectivity index (χ3n) is 5.98. The van der Waals surface area contributed by atoms with E-state index in [1.54, 1.807) is 0 Å². The first-order valence-electron chi connectivity index (χ1n) is 11.4. The molecular weight excluding hydrogens is 384 g/mol. The summed E-state index contributed by atoms with van der Waals surface area (Å²) >= 11 is 0. The highest BCUT2D eigenvalue weighted by atomic mass is 15.5. The van der Waals surface area contributed by atoms with Crippen LogP contribution >= 0.6 is 0 Å². The van der Waals surface area contributed by atoms with E-state index in [-0.39, 0.29) is 0 Å². The van der Waals surface area contributed by atoms with Crippen molar-refractivity contribution in [3.63, 3.8) is 0 Å². The quantitative estimate of drug-likeness (QED) is 0.350. The second-order valence-corrected chi connectivity index (χ2v) is 8.38. The lowest BCUT2D eigenvalue weighted by atomic mass is 9.97. The maximum Gasteiger partial charge on any atom is 0.248 e. The van der Waals surface area contributed by atoms with Gasteiger partial charge in [-0.3, -0.25) is 4.90 Å². The standard InChI is InChI=1S/C25H28N6/c1-2-3-4-6-9-18-12-15-23-22(16-18)21(19-10-7-5-8-11-19)17-24(26-23)31(20-13-14-20)25-27-29-30-28-25/h5,7-8,10-12,15-17,20H,2-4,6,9,13-14H2,1H3,(H,27,28,29,30). The van der Waals surface area contributed by atoms with Gasteiger partial charge in [-0.15, -0.1) is 0 Å². The van der Waals surface area contributed by atoms with Crippen molar-refractivity contribution in [2.75, 3.05) is 4.90 Å². The molecule has 0 saturated heterocycles. The number of anilines is 2. The van der Waals surface area contributed by atoms with Gasteiger partial charge < -0.3 is 0 Å². The molecule has 31 heavy (non-hydrogen) atoms. The van der Waals surface area contributed by atoms with Crippen LogP contribution in [-0.2, 0) is 6.42 Å². The van der Waals surface area contributed by atoms with E-state index in [4.69, 9.17) is 4.98 Å². The summed E-state index contributed by atoms with van der Waals surface area (Å²) in [4.78, 5) is 7.18. The average molecular weight is 413 g/mol. The van der Waals surface area contributed by atoms with Gasteiger partial charge in [-0.1, -0.05) is 67.7 Å². The number of fused-ring (bicyclic) bond motifs is 1. The molecule has 5 rings (SSSR count). The molecule has 1 saturated carbocycles. The van der Waals surface area contributed by atoms with Gasteiger partial charge >= 0.3 is 0 Å². The Hall–Kier alpha value is -3.28. The summed E-state index contributed by atoms with van der Waals surface area (Å²) in [7, 11) is 0. The minimum Gasteiger partial charge on any atom is -0.291 e. The van der Waals surface area contributed by atoms with Gasteiger partial charge in [0.05, 0.1) is 5.52 Å². The van der Waals surface area contributed by atoms with E-state index in [1.807, 2.05) is 0 Å². The number of H-pyrrole nitrogens is 1. The zero-order chi connectivity index (χ0) is 21.0. The molecule has 1 aliphatic rings. The molecular formula is C25H28N6. The smallest absolute Gasteiger partial charge is 0.248 e. The normalized spacial score (nSPS) is 13.6. The Labute approximate surface area is 182 Å². The second-order valence-electron chi connectivity index (χ2n) is 8.38. The number of hydrogen-bond donors (Lipinski definition) is 1. The molecule has 1 N–H and O–H groups in total. The van der Waals surface area contributed by atoms with Crippen molar-refractivity contribution in [3.8, 4) is 11.1 Å². The van der Waals surface area contributed by atoms with Gasteiger partial charge in [-0.25, -0.2) is 10.1 Å². The highest BCUT2D eigenvalue weighted by Crippen LogP contribution is 2.39. The Morgan fingerprint density at radius 1 is 1.00 bits per heavy atom. The minimum absolute atomic E-state index is 0.390. The monoisotopic (exact) mass is 412 g/mol. The van der Waals surface area contributed by atoms with Crippen molar-refractivity contribution in [3.05, 3.63) is 60.2 Å². The molecule has 6 nitrogen and oxygen atoms in total. The van der Waals surface area contributed by atoms with Crippen LogP contribution in [0, 0.1) is 0 Å². The summed E-state index contributed by atoms with van der Waals surface area (Å²) in [5.41, 5.74) is 4.79. The van der Waals surface area contributed by atoms with Gasteiger partial charge in [-0.2, -0.15) is 0 Å². The number of unbranched alkanes of at least 4 members (excludes halogenated alkanes) is 3. The maximum absolute atomic E-state index is 5.04. The van der Waals surface area contributed by atoms with Gasteiger partial charge in [-0.05, 0) is 71.0 Å². The van der Waals surface area contributed by atoms with E-state index in [0.717, 1.165) is 30.6 Å². The van der Waals surface area contributed by atoms with Gasteiger partial charge in [0.2, 0.25) is 5.95 Å². The molecule has 2 aromatic heterocycles. The molecule has 0 amide bonds. The average Bonchev–Trinajstić information content (AvgIpc) is 3.50. The summed E-state index contributed by atoms with van der Waals surface area (Å²) in [5, 5.41) is 15.9. The number of aromatic amines is 1. The zero-order valence-corrected chi connectivity index (χ0v) is 18.0. The van der Waals surface area contributed by atoms with Crippen molar-refractivity contribution in [2.45, 2.75) is 57.9 Å². The second kappa shape index (κ2) is 8.84. The summed E-state index contributed by atoms with van der Waals surface area (Å²) < 4.78 is 0. The molecule has 1 aliphatic carbocycles. The van der Waals surface area contributed by atoms with Gasteiger partial charge in [0, 0.05) is 11.4 Å². The van der Waals surface area contributed by atoms with Gasteiger partial charge in [0.25, 0.3) is 0 Å². The first kappa shape index (κ1) is 19.7. The number of aromatic nitrogens is 5. The van der Waals surface area contributed by atoms with Crippen molar-refractivity contribution < 1.29 is 0 Å². The Morgan fingerprint density at radius 2 is 1.87 bits per heavy atom. The molecule has 0 spiro atoms. The summed E-state index contributed by atoms with van der Waals surface area (Å²) in [5.74, 6) is 1.55. The van der Waals surface area contributed by atoms with Crippen LogP contribution in [0.2, 0.25) is 0 Å². The number of nitrogens with zero attached hydrogens (tertiary/aromatic N) is 5. The van der Waals surface area contributed by atoms with Crippen LogP contribution in [0.5, 0.6) is 0 Å². The third-order valence-corrected chi connectivity index (χ3v) is 5.98. The predicted octanol–water partition coefficient (Wildman–Crippen LogP) is 5.84. The van der Waals surface area contributed by atoms with E-state index in [0.29, 0.717) is 12.0 Å². The Balaban J connectivity index is 1.59. The van der Waals surface area contributed by atoms with Crippen LogP contribution in [0.4, 0.5) is 11.8 Å². The lowest BCUT2D eigenvalue weighted by molar-refractivity contribution is 0.667. The number of tetrazole rings is 1. The zero-order valence-electron chi connectivity index (χ0n) is 18.0. The number of aryl methyl sites for hydroxylation is 1. The molecule has 158 valence electrons. The topological polar surface area (TPSA) is 70.6 Å². The molecule has 0 aliphatic heterocycles. The molecule has 1 fully saturated rings. The Bertz CT molecular complexity index is 1140. The molecule has 0 bridgehead atoms. The van der Waals surface area contributed by atoms with E-state index in [1.165, 1.54) is 47.8 Å². The van der Waals surface area contributed by atoms with Crippen molar-refractivity contribution in [2.24, 2.45) is 0 Å². The van der Waals surface area contributed by atoms with Crippen molar-refractivity contribution in [1.82, 2.24) is 25.6 Å². The van der Waals surface area contributed by atoms with Crippen LogP contribution in [0.15, 0.2) is 54.6 Å². The highest BCUT2D eigenvalue weighted by Gasteiger charge is 2.33. The lowest BCUT2D eigenvalue weighted by Crippen LogP contribution is -2.22. The first-order chi connectivity index (χ1) is 15.3. The Kier molecular flexibility index (Phi) is 5.61. The highest BCUT2D eigenvalue weighted by molar-refractivity contribution is 5.97.